The average Bonchev–Trinajstić information content (AvgIpc) is 3.12. The summed E-state index contributed by atoms with van der Waals surface area (Å²) in [4.78, 5) is 28.6. The number of hydrogen-bond donors (Lipinski definition) is 2. The zero-order chi connectivity index (χ0) is 19.9. The highest BCUT2D eigenvalue weighted by Crippen LogP contribution is 2.13. The van der Waals surface area contributed by atoms with Crippen molar-refractivity contribution in [3.05, 3.63) is 71.2 Å². The predicted octanol–water partition coefficient (Wildman–Crippen LogP) is 2.61. The molecule has 0 unspecified atom stereocenters. The van der Waals surface area contributed by atoms with Crippen LogP contribution in [0.4, 0.5) is 5.82 Å². The number of nitrogens with zero attached hydrogens (tertiary/aromatic N) is 2. The summed E-state index contributed by atoms with van der Waals surface area (Å²) in [5.74, 6) is 0.886. The molecule has 8 heteroatoms. The predicted molar refractivity (Wildman–Crippen MR) is 102 cm³/mol. The van der Waals surface area contributed by atoms with Crippen LogP contribution in [0.25, 0.3) is 0 Å². The molecule has 3 aromatic rings. The minimum Gasteiger partial charge on any atom is -0.497 e. The largest absolute Gasteiger partial charge is 0.497 e. The van der Waals surface area contributed by atoms with E-state index in [9.17, 15) is 9.59 Å². The van der Waals surface area contributed by atoms with Crippen molar-refractivity contribution in [2.24, 2.45) is 0 Å². The number of pyridine rings is 1. The molecule has 2 amide bonds. The van der Waals surface area contributed by atoms with Crippen LogP contribution in [-0.4, -0.2) is 35.6 Å². The van der Waals surface area contributed by atoms with E-state index in [0.29, 0.717) is 24.3 Å². The maximum absolute atomic E-state index is 12.4. The van der Waals surface area contributed by atoms with Gasteiger partial charge in [0.15, 0.2) is 5.82 Å². The van der Waals surface area contributed by atoms with Crippen LogP contribution in [0.15, 0.2) is 53.2 Å². The molecule has 2 aromatic heterocycles. The van der Waals surface area contributed by atoms with E-state index in [1.54, 1.807) is 26.2 Å². The van der Waals surface area contributed by atoms with Crippen LogP contribution >= 0.6 is 0 Å². The number of ether oxygens (including phenoxy) is 1. The number of carbonyl (C=O) groups is 2. The maximum atomic E-state index is 12.4. The van der Waals surface area contributed by atoms with Crippen LogP contribution in [0.2, 0.25) is 0 Å². The van der Waals surface area contributed by atoms with Crippen LogP contribution in [0.5, 0.6) is 5.75 Å². The molecular formula is C20H20N4O4. The van der Waals surface area contributed by atoms with Gasteiger partial charge in [0.1, 0.15) is 17.2 Å². The van der Waals surface area contributed by atoms with E-state index in [1.165, 1.54) is 12.3 Å². The van der Waals surface area contributed by atoms with Crippen molar-refractivity contribution in [2.75, 3.05) is 19.0 Å². The summed E-state index contributed by atoms with van der Waals surface area (Å²) in [5.41, 5.74) is 1.51. The van der Waals surface area contributed by atoms with Gasteiger partial charge in [0.25, 0.3) is 11.8 Å². The topological polar surface area (TPSA) is 106 Å². The summed E-state index contributed by atoms with van der Waals surface area (Å²) in [7, 11) is 1.61. The Labute approximate surface area is 161 Å². The van der Waals surface area contributed by atoms with E-state index in [0.717, 1.165) is 11.3 Å². The molecule has 0 bridgehead atoms. The summed E-state index contributed by atoms with van der Waals surface area (Å²) in [6.45, 7) is 2.17. The number of carbonyl (C=O) groups excluding carboxylic acids is 2. The molecule has 2 heterocycles. The third-order valence-corrected chi connectivity index (χ3v) is 3.96. The number of rotatable bonds is 7. The summed E-state index contributed by atoms with van der Waals surface area (Å²) in [6, 6.07) is 12.2. The molecule has 2 N–H and O–H groups in total. The lowest BCUT2D eigenvalue weighted by atomic mass is 10.1. The summed E-state index contributed by atoms with van der Waals surface area (Å²) in [6.07, 6.45) is 2.08. The third-order valence-electron chi connectivity index (χ3n) is 3.96. The second-order valence-corrected chi connectivity index (χ2v) is 6.06. The van der Waals surface area contributed by atoms with Gasteiger partial charge in [-0.25, -0.2) is 0 Å². The minimum atomic E-state index is -0.473. The van der Waals surface area contributed by atoms with Gasteiger partial charge in [-0.2, -0.15) is 0 Å². The van der Waals surface area contributed by atoms with E-state index in [-0.39, 0.29) is 17.4 Å². The van der Waals surface area contributed by atoms with E-state index < -0.39 is 5.91 Å². The number of benzene rings is 1. The van der Waals surface area contributed by atoms with Crippen molar-refractivity contribution < 1.29 is 18.8 Å². The Bertz CT molecular complexity index is 984. The molecule has 1 aromatic carbocycles. The number of aryl methyl sites for hydroxylation is 1. The van der Waals surface area contributed by atoms with Crippen LogP contribution in [0, 0.1) is 6.92 Å². The molecule has 8 nitrogen and oxygen atoms in total. The normalized spacial score (nSPS) is 10.4. The van der Waals surface area contributed by atoms with Crippen molar-refractivity contribution in [2.45, 2.75) is 13.3 Å². The van der Waals surface area contributed by atoms with Gasteiger partial charge in [0, 0.05) is 24.4 Å². The molecule has 3 rings (SSSR count). The number of methoxy groups -OCH3 is 1. The Morgan fingerprint density at radius 2 is 2.00 bits per heavy atom. The Morgan fingerprint density at radius 3 is 2.75 bits per heavy atom. The fourth-order valence-corrected chi connectivity index (χ4v) is 2.55. The first-order chi connectivity index (χ1) is 13.5. The minimum absolute atomic E-state index is 0.112. The number of aromatic nitrogens is 2. The lowest BCUT2D eigenvalue weighted by molar-refractivity contribution is 0.0954. The SMILES string of the molecule is COc1cccc(CCNC(=O)c2ccnc(C(=O)Nc3cc(C)on3)c2)c1. The summed E-state index contributed by atoms with van der Waals surface area (Å²) < 4.78 is 10.1. The van der Waals surface area contributed by atoms with E-state index >= 15 is 0 Å². The van der Waals surface area contributed by atoms with Gasteiger partial charge < -0.3 is 19.9 Å². The Kier molecular flexibility index (Phi) is 6.01. The summed E-state index contributed by atoms with van der Waals surface area (Å²) >= 11 is 0. The van der Waals surface area contributed by atoms with Crippen molar-refractivity contribution in [1.29, 1.82) is 0 Å². The zero-order valence-corrected chi connectivity index (χ0v) is 15.6. The van der Waals surface area contributed by atoms with Crippen molar-refractivity contribution >= 4 is 17.6 Å². The molecule has 0 aliphatic heterocycles. The van der Waals surface area contributed by atoms with Crippen LogP contribution in [0.3, 0.4) is 0 Å². The second-order valence-electron chi connectivity index (χ2n) is 6.06. The van der Waals surface area contributed by atoms with E-state index in [1.807, 2.05) is 24.3 Å². The standard InChI is InChI=1S/C20H20N4O4/c1-13-10-18(24-28-13)23-20(26)17-12-15(7-9-21-17)19(25)22-8-6-14-4-3-5-16(11-14)27-2/h3-5,7,9-12H,6,8H2,1-2H3,(H,22,25)(H,23,24,26). The smallest absolute Gasteiger partial charge is 0.275 e. The van der Waals surface area contributed by atoms with Crippen LogP contribution < -0.4 is 15.4 Å². The third kappa shape index (κ3) is 4.94. The highest BCUT2D eigenvalue weighted by Gasteiger charge is 2.13. The molecule has 144 valence electrons. The highest BCUT2D eigenvalue weighted by molar-refractivity contribution is 6.04. The molecular weight excluding hydrogens is 360 g/mol. The maximum Gasteiger partial charge on any atom is 0.275 e. The molecule has 0 aliphatic carbocycles. The number of anilines is 1. The van der Waals surface area contributed by atoms with Gasteiger partial charge in [0.2, 0.25) is 0 Å². The van der Waals surface area contributed by atoms with E-state index in [2.05, 4.69) is 20.8 Å². The Hall–Kier alpha value is -3.68. The Balaban J connectivity index is 1.57. The molecule has 0 radical (unpaired) electrons. The highest BCUT2D eigenvalue weighted by atomic mass is 16.5. The van der Waals surface area contributed by atoms with Crippen molar-refractivity contribution in [3.8, 4) is 5.75 Å². The van der Waals surface area contributed by atoms with Crippen LogP contribution in [0.1, 0.15) is 32.2 Å². The molecule has 0 saturated heterocycles. The number of amides is 2. The van der Waals surface area contributed by atoms with Crippen LogP contribution in [-0.2, 0) is 6.42 Å². The van der Waals surface area contributed by atoms with Gasteiger partial charge in [-0.1, -0.05) is 17.3 Å². The van der Waals surface area contributed by atoms with Crippen molar-refractivity contribution in [1.82, 2.24) is 15.5 Å². The number of nitrogens with one attached hydrogen (secondary N) is 2. The first kappa shape index (κ1) is 19.1. The van der Waals surface area contributed by atoms with Gasteiger partial charge >= 0.3 is 0 Å². The van der Waals surface area contributed by atoms with Gasteiger partial charge in [-0.05, 0) is 43.2 Å². The van der Waals surface area contributed by atoms with E-state index in [4.69, 9.17) is 9.26 Å². The fourth-order valence-electron chi connectivity index (χ4n) is 2.55. The molecule has 0 saturated carbocycles. The molecule has 28 heavy (non-hydrogen) atoms. The lowest BCUT2D eigenvalue weighted by Crippen LogP contribution is -2.26. The quantitative estimate of drug-likeness (QED) is 0.653. The van der Waals surface area contributed by atoms with Gasteiger partial charge in [-0.3, -0.25) is 14.6 Å². The van der Waals surface area contributed by atoms with Gasteiger partial charge in [-0.15, -0.1) is 0 Å². The number of hydrogen-bond acceptors (Lipinski definition) is 6. The molecule has 0 spiro atoms. The lowest BCUT2D eigenvalue weighted by Gasteiger charge is -2.08. The zero-order valence-electron chi connectivity index (χ0n) is 15.6. The first-order valence-electron chi connectivity index (χ1n) is 8.67. The summed E-state index contributed by atoms with van der Waals surface area (Å²) in [5, 5.41) is 9.11. The molecule has 0 fully saturated rings. The average molecular weight is 380 g/mol. The second kappa shape index (κ2) is 8.81. The monoisotopic (exact) mass is 380 g/mol. The first-order valence-corrected chi connectivity index (χ1v) is 8.67. The molecule has 0 aliphatic rings. The van der Waals surface area contributed by atoms with Gasteiger partial charge in [0.05, 0.1) is 7.11 Å². The molecule has 0 atom stereocenters. The Morgan fingerprint density at radius 1 is 1.14 bits per heavy atom. The van der Waals surface area contributed by atoms with Crippen molar-refractivity contribution in [3.63, 3.8) is 0 Å². The fraction of sp³-hybridized carbons (Fsp3) is 0.200.